The minimum atomic E-state index is 0. The summed E-state index contributed by atoms with van der Waals surface area (Å²) in [7, 11) is 1.84. The SMILES string of the molecule is CN(Cc1cccnc1)C(=O)c1cccc2c1CCCN2.Cl.Cl. The zero-order valence-electron chi connectivity index (χ0n) is 13.0. The van der Waals surface area contributed by atoms with Crippen molar-refractivity contribution in [1.29, 1.82) is 0 Å². The molecule has 0 fully saturated rings. The van der Waals surface area contributed by atoms with Gasteiger partial charge in [-0.3, -0.25) is 9.78 Å². The van der Waals surface area contributed by atoms with E-state index in [1.807, 2.05) is 37.4 Å². The van der Waals surface area contributed by atoms with Crippen molar-refractivity contribution in [2.24, 2.45) is 0 Å². The summed E-state index contributed by atoms with van der Waals surface area (Å²) in [5, 5.41) is 3.37. The second kappa shape index (κ2) is 8.75. The Balaban J connectivity index is 0.00000132. The van der Waals surface area contributed by atoms with Crippen molar-refractivity contribution in [3.8, 4) is 0 Å². The molecule has 0 saturated carbocycles. The molecule has 1 amide bonds. The van der Waals surface area contributed by atoms with Crippen LogP contribution >= 0.6 is 24.8 Å². The summed E-state index contributed by atoms with van der Waals surface area (Å²) in [4.78, 5) is 18.5. The van der Waals surface area contributed by atoms with Crippen LogP contribution in [0.5, 0.6) is 0 Å². The van der Waals surface area contributed by atoms with Crippen molar-refractivity contribution in [3.63, 3.8) is 0 Å². The molecule has 1 aromatic heterocycles. The maximum absolute atomic E-state index is 12.7. The van der Waals surface area contributed by atoms with Gasteiger partial charge in [0.05, 0.1) is 0 Å². The van der Waals surface area contributed by atoms with Crippen LogP contribution in [0.2, 0.25) is 0 Å². The van der Waals surface area contributed by atoms with Crippen LogP contribution in [0.4, 0.5) is 5.69 Å². The number of rotatable bonds is 3. The number of aromatic nitrogens is 1. The number of halogens is 2. The Morgan fingerprint density at radius 3 is 2.83 bits per heavy atom. The largest absolute Gasteiger partial charge is 0.385 e. The number of carbonyl (C=O) groups excluding carboxylic acids is 1. The lowest BCUT2D eigenvalue weighted by Crippen LogP contribution is -2.28. The summed E-state index contributed by atoms with van der Waals surface area (Å²) in [6.45, 7) is 1.56. The molecule has 1 N–H and O–H groups in total. The van der Waals surface area contributed by atoms with Crippen LogP contribution < -0.4 is 5.32 Å². The first kappa shape index (κ1) is 19.3. The molecule has 0 unspecified atom stereocenters. The average molecular weight is 354 g/mol. The molecule has 6 heteroatoms. The summed E-state index contributed by atoms with van der Waals surface area (Å²) in [5.41, 5.74) is 4.09. The Morgan fingerprint density at radius 2 is 2.09 bits per heavy atom. The minimum absolute atomic E-state index is 0. The molecule has 1 aliphatic rings. The van der Waals surface area contributed by atoms with Gasteiger partial charge < -0.3 is 10.2 Å². The molecule has 3 rings (SSSR count). The van der Waals surface area contributed by atoms with Crippen molar-refractivity contribution in [2.45, 2.75) is 19.4 Å². The molecule has 124 valence electrons. The van der Waals surface area contributed by atoms with Gasteiger partial charge in [-0.1, -0.05) is 12.1 Å². The molecule has 0 radical (unpaired) electrons. The first-order chi connectivity index (χ1) is 10.3. The highest BCUT2D eigenvalue weighted by molar-refractivity contribution is 5.97. The van der Waals surface area contributed by atoms with Gasteiger partial charge in [0.2, 0.25) is 0 Å². The van der Waals surface area contributed by atoms with Crippen LogP contribution in [0.15, 0.2) is 42.7 Å². The van der Waals surface area contributed by atoms with Gasteiger partial charge in [-0.25, -0.2) is 0 Å². The number of nitrogens with zero attached hydrogens (tertiary/aromatic N) is 2. The Bertz CT molecular complexity index is 650. The third-order valence-corrected chi connectivity index (χ3v) is 3.81. The number of carbonyl (C=O) groups is 1. The topological polar surface area (TPSA) is 45.2 Å². The van der Waals surface area contributed by atoms with Gasteiger partial charge >= 0.3 is 0 Å². The standard InChI is InChI=1S/C17H19N3O.2ClH/c1-20(12-13-5-3-9-18-11-13)17(21)15-6-2-8-16-14(15)7-4-10-19-16;;/h2-3,5-6,8-9,11,19H,4,7,10,12H2,1H3;2*1H. The number of nitrogens with one attached hydrogen (secondary N) is 1. The van der Waals surface area contributed by atoms with Crippen LogP contribution in [0.3, 0.4) is 0 Å². The number of fused-ring (bicyclic) bond motifs is 1. The first-order valence-electron chi connectivity index (χ1n) is 7.26. The number of pyridine rings is 1. The normalized spacial score (nSPS) is 12.0. The fourth-order valence-corrected chi connectivity index (χ4v) is 2.75. The highest BCUT2D eigenvalue weighted by atomic mass is 35.5. The van der Waals surface area contributed by atoms with Crippen LogP contribution in [-0.2, 0) is 13.0 Å². The van der Waals surface area contributed by atoms with Crippen LogP contribution in [0.25, 0.3) is 0 Å². The van der Waals surface area contributed by atoms with E-state index >= 15 is 0 Å². The summed E-state index contributed by atoms with van der Waals surface area (Å²) in [5.74, 6) is 0.0689. The van der Waals surface area contributed by atoms with Gasteiger partial charge in [-0.2, -0.15) is 0 Å². The molecule has 0 atom stereocenters. The summed E-state index contributed by atoms with van der Waals surface area (Å²) >= 11 is 0. The first-order valence-corrected chi connectivity index (χ1v) is 7.26. The molecule has 1 aliphatic heterocycles. The maximum Gasteiger partial charge on any atom is 0.254 e. The number of hydrogen-bond acceptors (Lipinski definition) is 3. The van der Waals surface area contributed by atoms with E-state index in [1.165, 1.54) is 0 Å². The lowest BCUT2D eigenvalue weighted by molar-refractivity contribution is 0.0784. The molecule has 4 nitrogen and oxygen atoms in total. The zero-order chi connectivity index (χ0) is 14.7. The molecule has 0 bridgehead atoms. The highest BCUT2D eigenvalue weighted by Gasteiger charge is 2.20. The van der Waals surface area contributed by atoms with Gasteiger partial charge in [0.15, 0.2) is 0 Å². The van der Waals surface area contributed by atoms with E-state index < -0.39 is 0 Å². The maximum atomic E-state index is 12.7. The predicted molar refractivity (Wildman–Crippen MR) is 97.8 cm³/mol. The van der Waals surface area contributed by atoms with E-state index in [0.29, 0.717) is 6.54 Å². The summed E-state index contributed by atoms with van der Waals surface area (Å²) < 4.78 is 0. The smallest absolute Gasteiger partial charge is 0.254 e. The van der Waals surface area contributed by atoms with E-state index in [1.54, 1.807) is 17.3 Å². The van der Waals surface area contributed by atoms with Gasteiger partial charge in [0, 0.05) is 43.8 Å². The quantitative estimate of drug-likeness (QED) is 0.917. The van der Waals surface area contributed by atoms with E-state index in [-0.39, 0.29) is 30.7 Å². The van der Waals surface area contributed by atoms with Crippen molar-refractivity contribution < 1.29 is 4.79 Å². The second-order valence-electron chi connectivity index (χ2n) is 5.38. The van der Waals surface area contributed by atoms with Gasteiger partial charge in [0.25, 0.3) is 5.91 Å². The second-order valence-corrected chi connectivity index (χ2v) is 5.38. The fourth-order valence-electron chi connectivity index (χ4n) is 2.75. The molecule has 0 saturated heterocycles. The molecule has 1 aromatic carbocycles. The van der Waals surface area contributed by atoms with Crippen LogP contribution in [0, 0.1) is 0 Å². The van der Waals surface area contributed by atoms with Gasteiger partial charge in [-0.05, 0) is 42.2 Å². The molecule has 23 heavy (non-hydrogen) atoms. The van der Waals surface area contributed by atoms with Crippen molar-refractivity contribution in [2.75, 3.05) is 18.9 Å². The number of hydrogen-bond donors (Lipinski definition) is 1. The van der Waals surface area contributed by atoms with Gasteiger partial charge in [-0.15, -0.1) is 24.8 Å². The van der Waals surface area contributed by atoms with E-state index in [4.69, 9.17) is 0 Å². The summed E-state index contributed by atoms with van der Waals surface area (Å²) in [6.07, 6.45) is 5.57. The Kier molecular flexibility index (Phi) is 7.33. The number of amides is 1. The molecular formula is C17H21Cl2N3O. The van der Waals surface area contributed by atoms with E-state index in [0.717, 1.165) is 41.8 Å². The van der Waals surface area contributed by atoms with E-state index in [2.05, 4.69) is 10.3 Å². The lowest BCUT2D eigenvalue weighted by Gasteiger charge is -2.23. The molecular weight excluding hydrogens is 333 g/mol. The Hall–Kier alpha value is -1.78. The minimum Gasteiger partial charge on any atom is -0.385 e. The average Bonchev–Trinajstić information content (AvgIpc) is 2.54. The fraction of sp³-hybridized carbons (Fsp3) is 0.294. The Labute approximate surface area is 149 Å². The number of anilines is 1. The van der Waals surface area contributed by atoms with Crippen molar-refractivity contribution in [3.05, 3.63) is 59.4 Å². The Morgan fingerprint density at radius 1 is 1.26 bits per heavy atom. The van der Waals surface area contributed by atoms with Gasteiger partial charge in [0.1, 0.15) is 0 Å². The van der Waals surface area contributed by atoms with E-state index in [9.17, 15) is 4.79 Å². The zero-order valence-corrected chi connectivity index (χ0v) is 14.6. The van der Waals surface area contributed by atoms with Crippen LogP contribution in [0.1, 0.15) is 27.9 Å². The highest BCUT2D eigenvalue weighted by Crippen LogP contribution is 2.26. The molecule has 0 aliphatic carbocycles. The third-order valence-electron chi connectivity index (χ3n) is 3.81. The monoisotopic (exact) mass is 353 g/mol. The lowest BCUT2D eigenvalue weighted by atomic mass is 9.97. The predicted octanol–water partition coefficient (Wildman–Crippen LogP) is 3.56. The summed E-state index contributed by atoms with van der Waals surface area (Å²) in [6, 6.07) is 9.79. The molecule has 0 spiro atoms. The molecule has 2 aromatic rings. The third kappa shape index (κ3) is 4.36. The molecule has 2 heterocycles. The van der Waals surface area contributed by atoms with Crippen molar-refractivity contribution in [1.82, 2.24) is 9.88 Å². The number of benzene rings is 1. The van der Waals surface area contributed by atoms with Crippen LogP contribution in [-0.4, -0.2) is 29.4 Å². The van der Waals surface area contributed by atoms with Crippen molar-refractivity contribution >= 4 is 36.4 Å².